The first-order valence-corrected chi connectivity index (χ1v) is 9.89. The van der Waals surface area contributed by atoms with Crippen LogP contribution in [0.3, 0.4) is 0 Å². The number of carbonyl (C=O) groups excluding carboxylic acids is 2. The molecule has 2 aromatic rings. The minimum atomic E-state index is -0.416. The number of esters is 1. The number of hydrogen-bond donors (Lipinski definition) is 0. The molecule has 1 fully saturated rings. The van der Waals surface area contributed by atoms with Gasteiger partial charge in [-0.3, -0.25) is 9.59 Å². The Morgan fingerprint density at radius 1 is 1.19 bits per heavy atom. The van der Waals surface area contributed by atoms with Crippen LogP contribution >= 0.6 is 11.3 Å². The van der Waals surface area contributed by atoms with Gasteiger partial charge in [-0.2, -0.15) is 0 Å². The lowest BCUT2D eigenvalue weighted by molar-refractivity contribution is -0.154. The summed E-state index contributed by atoms with van der Waals surface area (Å²) in [5, 5.41) is 2.74. The van der Waals surface area contributed by atoms with Crippen LogP contribution in [0.25, 0.3) is 10.6 Å². The van der Waals surface area contributed by atoms with E-state index in [1.807, 2.05) is 40.6 Å². The molecule has 0 bridgehead atoms. The molecule has 3 rings (SSSR count). The topological polar surface area (TPSA) is 59.5 Å². The van der Waals surface area contributed by atoms with Crippen LogP contribution in [0.4, 0.5) is 0 Å². The van der Waals surface area contributed by atoms with Crippen molar-refractivity contribution < 1.29 is 14.3 Å². The van der Waals surface area contributed by atoms with E-state index in [1.165, 1.54) is 11.3 Å². The van der Waals surface area contributed by atoms with Crippen LogP contribution in [0.1, 0.15) is 38.8 Å². The van der Waals surface area contributed by atoms with Crippen molar-refractivity contribution in [1.29, 1.82) is 0 Å². The van der Waals surface area contributed by atoms with Crippen LogP contribution in [0.5, 0.6) is 0 Å². The molecule has 1 aliphatic rings. The van der Waals surface area contributed by atoms with Crippen LogP contribution < -0.4 is 0 Å². The highest BCUT2D eigenvalue weighted by atomic mass is 32.1. The van der Waals surface area contributed by atoms with Crippen molar-refractivity contribution in [3.8, 4) is 10.6 Å². The van der Waals surface area contributed by atoms with Crippen molar-refractivity contribution in [1.82, 2.24) is 9.88 Å². The summed E-state index contributed by atoms with van der Waals surface area (Å²) in [7, 11) is 0. The molecule has 1 aliphatic heterocycles. The maximum atomic E-state index is 12.4. The molecule has 1 saturated heterocycles. The summed E-state index contributed by atoms with van der Waals surface area (Å²) < 4.78 is 5.21. The van der Waals surface area contributed by atoms with Crippen LogP contribution in [0, 0.1) is 0 Å². The van der Waals surface area contributed by atoms with Crippen molar-refractivity contribution >= 4 is 23.2 Å². The van der Waals surface area contributed by atoms with Crippen molar-refractivity contribution in [2.24, 2.45) is 0 Å². The molecule has 26 heavy (non-hydrogen) atoms. The zero-order valence-electron chi connectivity index (χ0n) is 15.2. The number of thiazole rings is 1. The van der Waals surface area contributed by atoms with E-state index in [1.54, 1.807) is 0 Å². The van der Waals surface area contributed by atoms with E-state index >= 15 is 0 Å². The summed E-state index contributed by atoms with van der Waals surface area (Å²) in [6, 6.07) is 10.3. The third-order valence-electron chi connectivity index (χ3n) is 4.74. The fourth-order valence-electron chi connectivity index (χ4n) is 3.43. The number of nitrogens with zero attached hydrogens (tertiary/aromatic N) is 2. The SMILES string of the molecule is CC1CCCC(C)N1C(=O)COC(=O)Cc1csc(-c2ccccc2)n1. The maximum absolute atomic E-state index is 12.4. The molecule has 0 radical (unpaired) electrons. The number of carbonyl (C=O) groups is 2. The molecule has 2 atom stereocenters. The standard InChI is InChI=1S/C20H24N2O3S/c1-14-7-6-8-15(2)22(14)18(23)12-25-19(24)11-17-13-26-20(21-17)16-9-4-3-5-10-16/h3-5,9-10,13-15H,6-8,11-12H2,1-2H3. The molecule has 1 amide bonds. The normalized spacial score (nSPS) is 20.0. The Labute approximate surface area is 158 Å². The van der Waals surface area contributed by atoms with Gasteiger partial charge in [0.15, 0.2) is 6.61 Å². The van der Waals surface area contributed by atoms with Gasteiger partial charge in [-0.05, 0) is 33.1 Å². The van der Waals surface area contributed by atoms with Gasteiger partial charge in [-0.25, -0.2) is 4.98 Å². The van der Waals surface area contributed by atoms with Gasteiger partial charge in [0.1, 0.15) is 5.01 Å². The van der Waals surface area contributed by atoms with E-state index in [4.69, 9.17) is 4.74 Å². The zero-order chi connectivity index (χ0) is 18.5. The van der Waals surface area contributed by atoms with Gasteiger partial charge in [0.05, 0.1) is 12.1 Å². The summed E-state index contributed by atoms with van der Waals surface area (Å²) in [5.74, 6) is -0.526. The second kappa shape index (κ2) is 8.45. The molecular formula is C20H24N2O3S. The van der Waals surface area contributed by atoms with Crippen molar-refractivity contribution in [2.45, 2.75) is 51.6 Å². The molecule has 2 unspecified atom stereocenters. The smallest absolute Gasteiger partial charge is 0.312 e. The lowest BCUT2D eigenvalue weighted by Gasteiger charge is -2.38. The van der Waals surface area contributed by atoms with Crippen LogP contribution in [-0.4, -0.2) is 40.5 Å². The van der Waals surface area contributed by atoms with E-state index in [0.717, 1.165) is 29.8 Å². The van der Waals surface area contributed by atoms with Crippen molar-refractivity contribution in [2.75, 3.05) is 6.61 Å². The summed E-state index contributed by atoms with van der Waals surface area (Å²) >= 11 is 1.50. The number of hydrogen-bond acceptors (Lipinski definition) is 5. The monoisotopic (exact) mass is 372 g/mol. The fourth-order valence-corrected chi connectivity index (χ4v) is 4.26. The highest BCUT2D eigenvalue weighted by Crippen LogP contribution is 2.24. The van der Waals surface area contributed by atoms with Gasteiger partial charge in [0.25, 0.3) is 5.91 Å². The largest absolute Gasteiger partial charge is 0.455 e. The van der Waals surface area contributed by atoms with E-state index < -0.39 is 5.97 Å². The van der Waals surface area contributed by atoms with Gasteiger partial charge in [0, 0.05) is 23.0 Å². The number of benzene rings is 1. The molecule has 6 heteroatoms. The highest BCUT2D eigenvalue weighted by molar-refractivity contribution is 7.13. The van der Waals surface area contributed by atoms with E-state index in [9.17, 15) is 9.59 Å². The van der Waals surface area contributed by atoms with Crippen LogP contribution in [0.2, 0.25) is 0 Å². The molecular weight excluding hydrogens is 348 g/mol. The third-order valence-corrected chi connectivity index (χ3v) is 5.68. The van der Waals surface area contributed by atoms with Gasteiger partial charge >= 0.3 is 5.97 Å². The molecule has 5 nitrogen and oxygen atoms in total. The van der Waals surface area contributed by atoms with Gasteiger partial charge in [0.2, 0.25) is 0 Å². The highest BCUT2D eigenvalue weighted by Gasteiger charge is 2.29. The first kappa shape index (κ1) is 18.6. The molecule has 2 heterocycles. The van der Waals surface area contributed by atoms with Crippen LogP contribution in [0.15, 0.2) is 35.7 Å². The van der Waals surface area contributed by atoms with Gasteiger partial charge in [-0.15, -0.1) is 11.3 Å². The Morgan fingerprint density at radius 2 is 1.88 bits per heavy atom. The minimum absolute atomic E-state index is 0.0850. The number of aromatic nitrogens is 1. The van der Waals surface area contributed by atoms with Gasteiger partial charge in [-0.1, -0.05) is 30.3 Å². The average molecular weight is 372 g/mol. The first-order valence-electron chi connectivity index (χ1n) is 9.01. The Bertz CT molecular complexity index is 749. The minimum Gasteiger partial charge on any atom is -0.455 e. The summed E-state index contributed by atoms with van der Waals surface area (Å²) in [4.78, 5) is 30.8. The number of amides is 1. The molecule has 1 aromatic carbocycles. The zero-order valence-corrected chi connectivity index (χ0v) is 16.0. The van der Waals surface area contributed by atoms with E-state index in [2.05, 4.69) is 18.8 Å². The second-order valence-electron chi connectivity index (χ2n) is 6.78. The fraction of sp³-hybridized carbons (Fsp3) is 0.450. The molecule has 0 aliphatic carbocycles. The number of piperidine rings is 1. The summed E-state index contributed by atoms with van der Waals surface area (Å²) in [6.07, 6.45) is 3.23. The summed E-state index contributed by atoms with van der Waals surface area (Å²) in [5.41, 5.74) is 1.70. The van der Waals surface area contributed by atoms with Gasteiger partial charge < -0.3 is 9.64 Å². The predicted molar refractivity (Wildman–Crippen MR) is 102 cm³/mol. The molecule has 1 aromatic heterocycles. The molecule has 138 valence electrons. The second-order valence-corrected chi connectivity index (χ2v) is 7.64. The quantitative estimate of drug-likeness (QED) is 0.751. The predicted octanol–water partition coefficient (Wildman–Crippen LogP) is 3.69. The van der Waals surface area contributed by atoms with Crippen molar-refractivity contribution in [3.63, 3.8) is 0 Å². The summed E-state index contributed by atoms with van der Waals surface area (Å²) in [6.45, 7) is 3.91. The Morgan fingerprint density at radius 3 is 2.58 bits per heavy atom. The number of ether oxygens (including phenoxy) is 1. The molecule has 0 N–H and O–H groups in total. The molecule has 0 spiro atoms. The van der Waals surface area contributed by atoms with E-state index in [0.29, 0.717) is 5.69 Å². The van der Waals surface area contributed by atoms with E-state index in [-0.39, 0.29) is 31.0 Å². The number of rotatable bonds is 5. The molecule has 0 saturated carbocycles. The Kier molecular flexibility index (Phi) is 6.04. The lowest BCUT2D eigenvalue weighted by Crippen LogP contribution is -2.49. The van der Waals surface area contributed by atoms with Crippen LogP contribution in [-0.2, 0) is 20.7 Å². The van der Waals surface area contributed by atoms with Crippen molar-refractivity contribution in [3.05, 3.63) is 41.4 Å². The number of likely N-dealkylation sites (tertiary alicyclic amines) is 1. The first-order chi connectivity index (χ1) is 12.5. The maximum Gasteiger partial charge on any atom is 0.312 e. The Hall–Kier alpha value is -2.21. The third kappa shape index (κ3) is 4.49. The lowest BCUT2D eigenvalue weighted by atomic mass is 9.97. The Balaban J connectivity index is 1.51. The average Bonchev–Trinajstić information content (AvgIpc) is 3.09.